The van der Waals surface area contributed by atoms with Crippen LogP contribution in [0.4, 0.5) is 0 Å². The lowest BCUT2D eigenvalue weighted by Crippen LogP contribution is -2.16. The van der Waals surface area contributed by atoms with Gasteiger partial charge in [-0.3, -0.25) is 4.79 Å². The lowest BCUT2D eigenvalue weighted by atomic mass is 10.3. The summed E-state index contributed by atoms with van der Waals surface area (Å²) < 4.78 is 4.51. The maximum Gasteiger partial charge on any atom is 0.303 e. The standard InChI is InChI=1S/C8H13N3O3/c1-6-7(11-14-10-6)5-9-4-2-3-8(12)13/h9H,2-5H2,1H3,(H,12,13). The van der Waals surface area contributed by atoms with Crippen LogP contribution in [0, 0.1) is 6.92 Å². The van der Waals surface area contributed by atoms with Gasteiger partial charge < -0.3 is 10.4 Å². The van der Waals surface area contributed by atoms with Crippen molar-refractivity contribution >= 4 is 5.97 Å². The van der Waals surface area contributed by atoms with Crippen molar-refractivity contribution in [2.24, 2.45) is 0 Å². The number of hydrogen-bond donors (Lipinski definition) is 2. The molecule has 0 radical (unpaired) electrons. The van der Waals surface area contributed by atoms with Crippen LogP contribution in [-0.2, 0) is 11.3 Å². The zero-order valence-corrected chi connectivity index (χ0v) is 7.99. The third kappa shape index (κ3) is 3.53. The zero-order valence-electron chi connectivity index (χ0n) is 7.99. The molecule has 0 amide bonds. The number of nitrogens with zero attached hydrogens (tertiary/aromatic N) is 2. The molecule has 78 valence electrons. The molecule has 0 spiro atoms. The van der Waals surface area contributed by atoms with Crippen LogP contribution < -0.4 is 5.32 Å². The first kappa shape index (κ1) is 10.6. The number of carboxylic acids is 1. The molecule has 0 saturated heterocycles. The number of aliphatic carboxylic acids is 1. The highest BCUT2D eigenvalue weighted by Crippen LogP contribution is 1.99. The van der Waals surface area contributed by atoms with Gasteiger partial charge in [0.2, 0.25) is 0 Å². The lowest BCUT2D eigenvalue weighted by molar-refractivity contribution is -0.137. The summed E-state index contributed by atoms with van der Waals surface area (Å²) in [6, 6.07) is 0. The van der Waals surface area contributed by atoms with Crippen LogP contribution in [0.2, 0.25) is 0 Å². The predicted octanol–water partition coefficient (Wildman–Crippen LogP) is 0.332. The molecule has 0 aliphatic rings. The van der Waals surface area contributed by atoms with Crippen molar-refractivity contribution in [3.8, 4) is 0 Å². The van der Waals surface area contributed by atoms with Crippen LogP contribution in [0.3, 0.4) is 0 Å². The Bertz CT molecular complexity index is 298. The topological polar surface area (TPSA) is 88.3 Å². The molecule has 6 nitrogen and oxygen atoms in total. The van der Waals surface area contributed by atoms with Crippen LogP contribution >= 0.6 is 0 Å². The molecule has 0 saturated carbocycles. The minimum Gasteiger partial charge on any atom is -0.481 e. The fourth-order valence-corrected chi connectivity index (χ4v) is 0.981. The summed E-state index contributed by atoms with van der Waals surface area (Å²) in [5, 5.41) is 18.7. The monoisotopic (exact) mass is 199 g/mol. The molecule has 0 aromatic carbocycles. The van der Waals surface area contributed by atoms with Gasteiger partial charge >= 0.3 is 5.97 Å². The van der Waals surface area contributed by atoms with Crippen LogP contribution in [0.5, 0.6) is 0 Å². The second-order valence-corrected chi connectivity index (χ2v) is 2.97. The molecule has 1 aromatic heterocycles. The molecule has 0 aliphatic carbocycles. The van der Waals surface area contributed by atoms with Gasteiger partial charge in [-0.05, 0) is 19.9 Å². The summed E-state index contributed by atoms with van der Waals surface area (Å²) in [6.07, 6.45) is 0.794. The fraction of sp³-hybridized carbons (Fsp3) is 0.625. The van der Waals surface area contributed by atoms with Gasteiger partial charge in [-0.25, -0.2) is 4.63 Å². The molecule has 0 atom stereocenters. The summed E-state index contributed by atoms with van der Waals surface area (Å²) in [4.78, 5) is 10.2. The minimum atomic E-state index is -0.772. The summed E-state index contributed by atoms with van der Waals surface area (Å²) in [5.74, 6) is -0.772. The van der Waals surface area contributed by atoms with E-state index in [1.807, 2.05) is 6.92 Å². The Hall–Kier alpha value is -1.43. The van der Waals surface area contributed by atoms with Crippen LogP contribution in [0.25, 0.3) is 0 Å². The van der Waals surface area contributed by atoms with Crippen molar-refractivity contribution in [3.05, 3.63) is 11.4 Å². The fourth-order valence-electron chi connectivity index (χ4n) is 0.981. The van der Waals surface area contributed by atoms with Crippen molar-refractivity contribution in [1.82, 2.24) is 15.6 Å². The molecule has 0 fully saturated rings. The maximum absolute atomic E-state index is 10.2. The number of rotatable bonds is 6. The second kappa shape index (κ2) is 5.33. The average Bonchev–Trinajstić information content (AvgIpc) is 2.51. The highest BCUT2D eigenvalue weighted by Gasteiger charge is 2.03. The Balaban J connectivity index is 2.10. The summed E-state index contributed by atoms with van der Waals surface area (Å²) in [5.41, 5.74) is 1.52. The molecular formula is C8H13N3O3. The van der Waals surface area contributed by atoms with Crippen molar-refractivity contribution in [3.63, 3.8) is 0 Å². The molecule has 14 heavy (non-hydrogen) atoms. The number of hydrogen-bond acceptors (Lipinski definition) is 5. The molecule has 0 aliphatic heterocycles. The van der Waals surface area contributed by atoms with E-state index < -0.39 is 5.97 Å². The van der Waals surface area contributed by atoms with E-state index in [0.29, 0.717) is 19.5 Å². The molecule has 2 N–H and O–H groups in total. The van der Waals surface area contributed by atoms with E-state index in [0.717, 1.165) is 11.4 Å². The average molecular weight is 199 g/mol. The SMILES string of the molecule is Cc1nonc1CNCCCC(=O)O. The highest BCUT2D eigenvalue weighted by atomic mass is 16.6. The number of nitrogens with one attached hydrogen (secondary N) is 1. The van der Waals surface area contributed by atoms with Gasteiger partial charge in [0.1, 0.15) is 11.4 Å². The Morgan fingerprint density at radius 2 is 2.36 bits per heavy atom. The van der Waals surface area contributed by atoms with E-state index in [4.69, 9.17) is 5.11 Å². The van der Waals surface area contributed by atoms with Gasteiger partial charge in [-0.15, -0.1) is 0 Å². The van der Waals surface area contributed by atoms with Crippen LogP contribution in [0.1, 0.15) is 24.2 Å². The maximum atomic E-state index is 10.2. The first-order chi connectivity index (χ1) is 6.70. The predicted molar refractivity (Wildman–Crippen MR) is 47.6 cm³/mol. The van der Waals surface area contributed by atoms with Crippen LogP contribution in [-0.4, -0.2) is 27.9 Å². The van der Waals surface area contributed by atoms with E-state index in [-0.39, 0.29) is 6.42 Å². The molecule has 1 aromatic rings. The smallest absolute Gasteiger partial charge is 0.303 e. The quantitative estimate of drug-likeness (QED) is 0.642. The van der Waals surface area contributed by atoms with E-state index in [9.17, 15) is 4.79 Å². The Morgan fingerprint density at radius 3 is 2.93 bits per heavy atom. The van der Waals surface area contributed by atoms with Crippen LogP contribution in [0.15, 0.2) is 4.63 Å². The first-order valence-corrected chi connectivity index (χ1v) is 4.40. The third-order valence-electron chi connectivity index (χ3n) is 1.78. The van der Waals surface area contributed by atoms with E-state index >= 15 is 0 Å². The highest BCUT2D eigenvalue weighted by molar-refractivity contribution is 5.66. The van der Waals surface area contributed by atoms with Gasteiger partial charge in [0.15, 0.2) is 0 Å². The number of aromatic nitrogens is 2. The van der Waals surface area contributed by atoms with Crippen molar-refractivity contribution in [1.29, 1.82) is 0 Å². The lowest BCUT2D eigenvalue weighted by Gasteiger charge is -1.99. The molecule has 1 heterocycles. The van der Waals surface area contributed by atoms with Gasteiger partial charge in [0, 0.05) is 13.0 Å². The van der Waals surface area contributed by atoms with E-state index in [1.54, 1.807) is 0 Å². The normalized spacial score (nSPS) is 10.4. The zero-order chi connectivity index (χ0) is 10.4. The van der Waals surface area contributed by atoms with Gasteiger partial charge in [0.25, 0.3) is 0 Å². The molecule has 1 rings (SSSR count). The molecule has 6 heteroatoms. The van der Waals surface area contributed by atoms with E-state index in [1.165, 1.54) is 0 Å². The Kier molecular flexibility index (Phi) is 4.06. The minimum absolute atomic E-state index is 0.184. The molecule has 0 bridgehead atoms. The van der Waals surface area contributed by atoms with Gasteiger partial charge in [0.05, 0.1) is 0 Å². The molecule has 0 unspecified atom stereocenters. The Labute approximate surface area is 81.3 Å². The first-order valence-electron chi connectivity index (χ1n) is 4.40. The Morgan fingerprint density at radius 1 is 1.57 bits per heavy atom. The second-order valence-electron chi connectivity index (χ2n) is 2.97. The number of carboxylic acid groups (broad SMARTS) is 1. The number of aryl methyl sites for hydroxylation is 1. The summed E-state index contributed by atoms with van der Waals surface area (Å²) in [6.45, 7) is 3.03. The van der Waals surface area contributed by atoms with Gasteiger partial charge in [-0.1, -0.05) is 10.3 Å². The van der Waals surface area contributed by atoms with E-state index in [2.05, 4.69) is 20.3 Å². The summed E-state index contributed by atoms with van der Waals surface area (Å²) >= 11 is 0. The number of carbonyl (C=O) groups is 1. The largest absolute Gasteiger partial charge is 0.481 e. The van der Waals surface area contributed by atoms with Crippen molar-refractivity contribution in [2.45, 2.75) is 26.3 Å². The van der Waals surface area contributed by atoms with Crippen molar-refractivity contribution < 1.29 is 14.5 Å². The summed E-state index contributed by atoms with van der Waals surface area (Å²) in [7, 11) is 0. The third-order valence-corrected chi connectivity index (χ3v) is 1.78. The molecular weight excluding hydrogens is 186 g/mol. The van der Waals surface area contributed by atoms with Crippen molar-refractivity contribution in [2.75, 3.05) is 6.54 Å². The van der Waals surface area contributed by atoms with Gasteiger partial charge in [-0.2, -0.15) is 0 Å².